The Morgan fingerprint density at radius 1 is 1.03 bits per heavy atom. The second-order valence-corrected chi connectivity index (χ2v) is 6.57. The summed E-state index contributed by atoms with van der Waals surface area (Å²) in [5, 5.41) is 16.7. The summed E-state index contributed by atoms with van der Waals surface area (Å²) in [5.41, 5.74) is 1.76. The second-order valence-electron chi connectivity index (χ2n) is 6.57. The third-order valence-corrected chi connectivity index (χ3v) is 4.66. The lowest BCUT2D eigenvalue weighted by Crippen LogP contribution is -2.35. The third kappa shape index (κ3) is 3.14. The number of hydrogen-bond acceptors (Lipinski definition) is 5. The smallest absolute Gasteiger partial charge is 0.328 e. The number of nitrogens with zero attached hydrogens (tertiary/aromatic N) is 2. The van der Waals surface area contributed by atoms with E-state index < -0.39 is 6.03 Å². The Morgan fingerprint density at radius 3 is 2.48 bits per heavy atom. The van der Waals surface area contributed by atoms with Crippen molar-refractivity contribution in [2.75, 3.05) is 13.1 Å². The number of carbonyl (C=O) groups is 3. The van der Waals surface area contributed by atoms with Crippen molar-refractivity contribution >= 4 is 40.0 Å². The van der Waals surface area contributed by atoms with Crippen LogP contribution in [0.25, 0.3) is 10.9 Å². The van der Waals surface area contributed by atoms with Crippen LogP contribution in [0.5, 0.6) is 5.88 Å². The molecule has 3 aromatic rings. The molecule has 2 amide bonds. The Morgan fingerprint density at radius 2 is 1.72 bits per heavy atom. The Kier molecular flexibility index (Phi) is 4.59. The molecular weight excluding hydrogens is 372 g/mol. The number of ketones is 1. The lowest BCUT2D eigenvalue weighted by Gasteiger charge is -2.08. The maximum atomic E-state index is 12.9. The monoisotopic (exact) mass is 390 g/mol. The zero-order chi connectivity index (χ0) is 20.5. The standard InChI is InChI=1S/C21H18N4O4/c1-12(26)22-10-11-23-21(29)25-16-9-5-3-7-14(16)17(20(25)28)18-19(27)13-6-2-4-8-15(13)24-18/h2-9,28H,10-11H2,1H3,(H,22,26)(H,23,29). The van der Waals surface area contributed by atoms with Gasteiger partial charge in [-0.1, -0.05) is 30.3 Å². The zero-order valence-corrected chi connectivity index (χ0v) is 15.6. The highest BCUT2D eigenvalue weighted by molar-refractivity contribution is 6.56. The molecule has 1 aromatic heterocycles. The first-order valence-electron chi connectivity index (χ1n) is 9.07. The number of aromatic hydroxyl groups is 1. The van der Waals surface area contributed by atoms with Crippen LogP contribution >= 0.6 is 0 Å². The number of fused-ring (bicyclic) bond motifs is 2. The summed E-state index contributed by atoms with van der Waals surface area (Å²) in [7, 11) is 0. The lowest BCUT2D eigenvalue weighted by atomic mass is 10.0. The van der Waals surface area contributed by atoms with E-state index in [1.54, 1.807) is 48.5 Å². The van der Waals surface area contributed by atoms with Crippen molar-refractivity contribution in [3.63, 3.8) is 0 Å². The Balaban J connectivity index is 1.74. The number of rotatable bonds is 4. The normalized spacial score (nSPS) is 12.6. The first kappa shape index (κ1) is 18.4. The molecule has 3 N–H and O–H groups in total. The number of para-hydroxylation sites is 2. The van der Waals surface area contributed by atoms with Gasteiger partial charge in [0.15, 0.2) is 0 Å². The van der Waals surface area contributed by atoms with E-state index in [4.69, 9.17) is 0 Å². The quantitative estimate of drug-likeness (QED) is 0.594. The number of aromatic nitrogens is 1. The molecule has 0 spiro atoms. The molecule has 146 valence electrons. The number of hydrogen-bond donors (Lipinski definition) is 3. The van der Waals surface area contributed by atoms with Crippen LogP contribution in [0.2, 0.25) is 0 Å². The van der Waals surface area contributed by atoms with E-state index in [1.807, 2.05) is 0 Å². The van der Waals surface area contributed by atoms with Gasteiger partial charge in [-0.25, -0.2) is 14.4 Å². The molecule has 4 rings (SSSR count). The van der Waals surface area contributed by atoms with Gasteiger partial charge in [0.1, 0.15) is 5.71 Å². The molecule has 1 aliphatic rings. The number of carbonyl (C=O) groups excluding carboxylic acids is 3. The maximum Gasteiger partial charge on any atom is 0.328 e. The fraction of sp³-hybridized carbons (Fsp3) is 0.143. The molecule has 0 unspecified atom stereocenters. The highest BCUT2D eigenvalue weighted by atomic mass is 16.3. The van der Waals surface area contributed by atoms with Gasteiger partial charge >= 0.3 is 6.03 Å². The van der Waals surface area contributed by atoms with Gasteiger partial charge in [0.25, 0.3) is 0 Å². The predicted molar refractivity (Wildman–Crippen MR) is 108 cm³/mol. The third-order valence-electron chi connectivity index (χ3n) is 4.66. The van der Waals surface area contributed by atoms with Crippen LogP contribution in [-0.4, -0.2) is 46.2 Å². The van der Waals surface area contributed by atoms with Gasteiger partial charge in [-0.05, 0) is 18.2 Å². The van der Waals surface area contributed by atoms with Gasteiger partial charge in [-0.2, -0.15) is 0 Å². The van der Waals surface area contributed by atoms with E-state index in [0.717, 1.165) is 4.57 Å². The van der Waals surface area contributed by atoms with Crippen LogP contribution in [0, 0.1) is 0 Å². The first-order chi connectivity index (χ1) is 14.0. The Labute approximate surface area is 165 Å². The van der Waals surface area contributed by atoms with E-state index in [2.05, 4.69) is 15.6 Å². The number of nitrogens with one attached hydrogen (secondary N) is 2. The van der Waals surface area contributed by atoms with Crippen LogP contribution in [0.15, 0.2) is 53.5 Å². The molecule has 0 saturated heterocycles. The van der Waals surface area contributed by atoms with Crippen molar-refractivity contribution in [1.29, 1.82) is 0 Å². The van der Waals surface area contributed by atoms with Gasteiger partial charge < -0.3 is 15.7 Å². The summed E-state index contributed by atoms with van der Waals surface area (Å²) in [6.45, 7) is 1.83. The van der Waals surface area contributed by atoms with E-state index in [1.165, 1.54) is 6.92 Å². The van der Waals surface area contributed by atoms with Crippen LogP contribution in [-0.2, 0) is 4.79 Å². The van der Waals surface area contributed by atoms with Gasteiger partial charge in [-0.15, -0.1) is 0 Å². The fourth-order valence-corrected chi connectivity index (χ4v) is 3.38. The lowest BCUT2D eigenvalue weighted by molar-refractivity contribution is -0.118. The van der Waals surface area contributed by atoms with Gasteiger partial charge in [-0.3, -0.25) is 9.59 Å². The van der Waals surface area contributed by atoms with E-state index >= 15 is 0 Å². The summed E-state index contributed by atoms with van der Waals surface area (Å²) in [6.07, 6.45) is 0. The summed E-state index contributed by atoms with van der Waals surface area (Å²) in [6, 6.07) is 13.3. The molecule has 0 radical (unpaired) electrons. The largest absolute Gasteiger partial charge is 0.494 e. The Bertz CT molecular complexity index is 1190. The van der Waals surface area contributed by atoms with Gasteiger partial charge in [0.2, 0.25) is 17.6 Å². The van der Waals surface area contributed by atoms with Crippen LogP contribution in [0.3, 0.4) is 0 Å². The molecule has 0 saturated carbocycles. The number of Topliss-reactive ketones (excluding diaryl/α,β-unsaturated/α-hetero) is 1. The van der Waals surface area contributed by atoms with E-state index in [9.17, 15) is 19.5 Å². The number of amides is 2. The highest BCUT2D eigenvalue weighted by Gasteiger charge is 2.32. The average Bonchev–Trinajstić information content (AvgIpc) is 3.18. The molecule has 0 bridgehead atoms. The van der Waals surface area contributed by atoms with Crippen molar-refractivity contribution in [2.24, 2.45) is 4.99 Å². The van der Waals surface area contributed by atoms with Crippen molar-refractivity contribution in [3.8, 4) is 5.88 Å². The topological polar surface area (TPSA) is 113 Å². The molecule has 0 fully saturated rings. The molecule has 8 heteroatoms. The van der Waals surface area contributed by atoms with Crippen molar-refractivity contribution in [2.45, 2.75) is 6.92 Å². The molecule has 2 heterocycles. The predicted octanol–water partition coefficient (Wildman–Crippen LogP) is 2.36. The van der Waals surface area contributed by atoms with E-state index in [-0.39, 0.29) is 41.9 Å². The molecule has 0 atom stereocenters. The zero-order valence-electron chi connectivity index (χ0n) is 15.6. The number of aliphatic imine (C=N–C) groups is 1. The van der Waals surface area contributed by atoms with Crippen LogP contribution in [0.1, 0.15) is 22.8 Å². The molecular formula is C21H18N4O4. The maximum absolute atomic E-state index is 12.9. The molecule has 2 aromatic carbocycles. The second kappa shape index (κ2) is 7.23. The summed E-state index contributed by atoms with van der Waals surface area (Å²) >= 11 is 0. The van der Waals surface area contributed by atoms with Gasteiger partial charge in [0.05, 0.1) is 16.8 Å². The van der Waals surface area contributed by atoms with Gasteiger partial charge in [0, 0.05) is 31.0 Å². The van der Waals surface area contributed by atoms with Crippen molar-refractivity contribution in [1.82, 2.24) is 15.2 Å². The van der Waals surface area contributed by atoms with E-state index in [0.29, 0.717) is 22.2 Å². The average molecular weight is 390 g/mol. The molecule has 8 nitrogen and oxygen atoms in total. The van der Waals surface area contributed by atoms with Crippen molar-refractivity contribution < 1.29 is 19.5 Å². The summed E-state index contributed by atoms with van der Waals surface area (Å²) < 4.78 is 1.11. The molecule has 29 heavy (non-hydrogen) atoms. The molecule has 0 aliphatic carbocycles. The summed E-state index contributed by atoms with van der Waals surface area (Å²) in [5.74, 6) is -0.860. The molecule has 1 aliphatic heterocycles. The minimum Gasteiger partial charge on any atom is -0.494 e. The first-order valence-corrected chi connectivity index (χ1v) is 9.07. The van der Waals surface area contributed by atoms with Crippen LogP contribution in [0.4, 0.5) is 10.5 Å². The number of benzene rings is 2. The Hall–Kier alpha value is -3.94. The minimum absolute atomic E-state index is 0.102. The fourth-order valence-electron chi connectivity index (χ4n) is 3.38. The highest BCUT2D eigenvalue weighted by Crippen LogP contribution is 2.37. The SMILES string of the molecule is CC(=O)NCCNC(=O)n1c(O)c(C2=Nc3ccccc3C2=O)c2ccccc21. The van der Waals surface area contributed by atoms with Crippen LogP contribution < -0.4 is 10.6 Å². The van der Waals surface area contributed by atoms with Crippen molar-refractivity contribution in [3.05, 3.63) is 59.7 Å². The minimum atomic E-state index is -0.570. The summed E-state index contributed by atoms with van der Waals surface area (Å²) in [4.78, 5) is 40.9.